The summed E-state index contributed by atoms with van der Waals surface area (Å²) in [6.45, 7) is 3.72. The molecule has 2 unspecified atom stereocenters. The van der Waals surface area contributed by atoms with E-state index in [1.165, 1.54) is 6.26 Å². The quantitative estimate of drug-likeness (QED) is 0.851. The Balaban J connectivity index is 2.76. The van der Waals surface area contributed by atoms with Gasteiger partial charge in [0.2, 0.25) is 0 Å². The van der Waals surface area contributed by atoms with Gasteiger partial charge in [0.15, 0.2) is 9.84 Å². The Hall–Kier alpha value is -0.920. The van der Waals surface area contributed by atoms with Crippen LogP contribution in [-0.4, -0.2) is 41.1 Å². The number of benzene rings is 1. The van der Waals surface area contributed by atoms with Crippen molar-refractivity contribution in [2.45, 2.75) is 30.8 Å². The molecule has 0 aromatic heterocycles. The molecule has 114 valence electrons. The maximum atomic E-state index is 11.4. The lowest BCUT2D eigenvalue weighted by Gasteiger charge is -2.20. The summed E-state index contributed by atoms with van der Waals surface area (Å²) in [6, 6.07) is 6.37. The molecule has 1 aromatic rings. The van der Waals surface area contributed by atoms with Crippen LogP contribution in [0.2, 0.25) is 0 Å². The van der Waals surface area contributed by atoms with E-state index in [1.807, 2.05) is 13.8 Å². The minimum absolute atomic E-state index is 0.0552. The first-order valence-electron chi connectivity index (χ1n) is 6.23. The summed E-state index contributed by atoms with van der Waals surface area (Å²) in [6.07, 6.45) is 2.37. The molecule has 0 aliphatic carbocycles. The fraction of sp³-hybridized carbons (Fsp3) is 0.538. The molecule has 0 radical (unpaired) electrons. The summed E-state index contributed by atoms with van der Waals surface area (Å²) in [5.41, 5.74) is 0.915. The van der Waals surface area contributed by atoms with Crippen molar-refractivity contribution < 1.29 is 16.8 Å². The molecule has 0 amide bonds. The van der Waals surface area contributed by atoms with Gasteiger partial charge in [-0.05, 0) is 31.5 Å². The largest absolute Gasteiger partial charge is 0.307 e. The fourth-order valence-corrected chi connectivity index (χ4v) is 3.66. The predicted octanol–water partition coefficient (Wildman–Crippen LogP) is 1.17. The highest BCUT2D eigenvalue weighted by Gasteiger charge is 2.14. The minimum atomic E-state index is -3.19. The van der Waals surface area contributed by atoms with Gasteiger partial charge in [-0.15, -0.1) is 0 Å². The van der Waals surface area contributed by atoms with Crippen LogP contribution in [0.3, 0.4) is 0 Å². The van der Waals surface area contributed by atoms with Gasteiger partial charge in [-0.1, -0.05) is 12.1 Å². The van der Waals surface area contributed by atoms with Crippen LogP contribution in [0.4, 0.5) is 0 Å². The molecule has 0 aliphatic heterocycles. The molecule has 0 bridgehead atoms. The van der Waals surface area contributed by atoms with Crippen LogP contribution in [0, 0.1) is 0 Å². The van der Waals surface area contributed by atoms with Crippen LogP contribution >= 0.6 is 0 Å². The van der Waals surface area contributed by atoms with Gasteiger partial charge >= 0.3 is 0 Å². The predicted molar refractivity (Wildman–Crippen MR) is 80.3 cm³/mol. The van der Waals surface area contributed by atoms with E-state index in [4.69, 9.17) is 0 Å². The normalized spacial score (nSPS) is 15.8. The van der Waals surface area contributed by atoms with E-state index >= 15 is 0 Å². The molecule has 1 aromatic carbocycles. The molecule has 0 aliphatic rings. The van der Waals surface area contributed by atoms with E-state index in [9.17, 15) is 16.8 Å². The zero-order valence-corrected chi connectivity index (χ0v) is 13.8. The molecule has 1 rings (SSSR count). The third kappa shape index (κ3) is 5.60. The molecular formula is C13H21NO4S2. The van der Waals surface area contributed by atoms with Gasteiger partial charge in [0.1, 0.15) is 9.84 Å². The lowest BCUT2D eigenvalue weighted by atomic mass is 10.1. The minimum Gasteiger partial charge on any atom is -0.307 e. The maximum Gasteiger partial charge on any atom is 0.175 e. The Morgan fingerprint density at radius 2 is 1.50 bits per heavy atom. The van der Waals surface area contributed by atoms with Crippen molar-refractivity contribution in [1.82, 2.24) is 5.32 Å². The molecule has 7 heteroatoms. The van der Waals surface area contributed by atoms with E-state index in [2.05, 4.69) is 5.32 Å². The lowest BCUT2D eigenvalue weighted by Crippen LogP contribution is -2.34. The summed E-state index contributed by atoms with van der Waals surface area (Å²) in [7, 11) is -6.21. The molecule has 5 nitrogen and oxygen atoms in total. The fourth-order valence-electron chi connectivity index (χ4n) is 2.03. The molecule has 2 atom stereocenters. The van der Waals surface area contributed by atoms with Crippen molar-refractivity contribution in [2.24, 2.45) is 0 Å². The van der Waals surface area contributed by atoms with Crippen molar-refractivity contribution in [2.75, 3.05) is 18.3 Å². The van der Waals surface area contributed by atoms with Crippen molar-refractivity contribution in [1.29, 1.82) is 0 Å². The SMILES string of the molecule is CC(CS(C)(=O)=O)NC(C)c1ccc(S(C)(=O)=O)cc1. The smallest absolute Gasteiger partial charge is 0.175 e. The maximum absolute atomic E-state index is 11.4. The number of hydrogen-bond donors (Lipinski definition) is 1. The lowest BCUT2D eigenvalue weighted by molar-refractivity contribution is 0.500. The van der Waals surface area contributed by atoms with Gasteiger partial charge in [-0.25, -0.2) is 16.8 Å². The molecule has 1 N–H and O–H groups in total. The Kier molecular flexibility index (Phi) is 5.34. The summed E-state index contributed by atoms with van der Waals surface area (Å²) < 4.78 is 45.1. The average molecular weight is 319 g/mol. The van der Waals surface area contributed by atoms with Gasteiger partial charge < -0.3 is 5.32 Å². The van der Waals surface area contributed by atoms with Crippen LogP contribution in [0.1, 0.15) is 25.5 Å². The van der Waals surface area contributed by atoms with Gasteiger partial charge in [0.25, 0.3) is 0 Å². The topological polar surface area (TPSA) is 80.3 Å². The number of nitrogens with one attached hydrogen (secondary N) is 1. The third-order valence-electron chi connectivity index (χ3n) is 2.90. The Morgan fingerprint density at radius 1 is 1.00 bits per heavy atom. The molecule has 0 spiro atoms. The number of rotatable bonds is 6. The van der Waals surface area contributed by atoms with E-state index < -0.39 is 19.7 Å². The molecule has 0 fully saturated rings. The summed E-state index contributed by atoms with van der Waals surface area (Å²) in [5, 5.41) is 3.18. The highest BCUT2D eigenvalue weighted by atomic mass is 32.2. The Labute approximate surface area is 121 Å². The second kappa shape index (κ2) is 6.24. The second-order valence-corrected chi connectivity index (χ2v) is 9.42. The van der Waals surface area contributed by atoms with E-state index in [-0.39, 0.29) is 22.7 Å². The van der Waals surface area contributed by atoms with Crippen molar-refractivity contribution in [3.05, 3.63) is 29.8 Å². The zero-order valence-electron chi connectivity index (χ0n) is 12.1. The standard InChI is InChI=1S/C13H21NO4S2/c1-10(9-19(3,15)16)14-11(2)12-5-7-13(8-6-12)20(4,17)18/h5-8,10-11,14H,9H2,1-4H3. The molecule has 0 saturated carbocycles. The molecule has 0 heterocycles. The van der Waals surface area contributed by atoms with E-state index in [0.29, 0.717) is 0 Å². The van der Waals surface area contributed by atoms with Crippen LogP contribution < -0.4 is 5.32 Å². The average Bonchev–Trinajstić information content (AvgIpc) is 2.25. The highest BCUT2D eigenvalue weighted by molar-refractivity contribution is 7.91. The van der Waals surface area contributed by atoms with Crippen molar-refractivity contribution >= 4 is 19.7 Å². The zero-order chi connectivity index (χ0) is 15.6. The van der Waals surface area contributed by atoms with Gasteiger partial charge in [0, 0.05) is 24.6 Å². The first-order valence-corrected chi connectivity index (χ1v) is 10.2. The monoisotopic (exact) mass is 319 g/mol. The molecule has 0 saturated heterocycles. The van der Waals surface area contributed by atoms with Crippen LogP contribution in [0.25, 0.3) is 0 Å². The van der Waals surface area contributed by atoms with Crippen molar-refractivity contribution in [3.63, 3.8) is 0 Å². The van der Waals surface area contributed by atoms with E-state index in [1.54, 1.807) is 24.3 Å². The molecular weight excluding hydrogens is 298 g/mol. The van der Waals surface area contributed by atoms with Crippen molar-refractivity contribution in [3.8, 4) is 0 Å². The van der Waals surface area contributed by atoms with Crippen LogP contribution in [-0.2, 0) is 19.7 Å². The Bertz CT molecular complexity index is 648. The van der Waals surface area contributed by atoms with E-state index in [0.717, 1.165) is 11.8 Å². The summed E-state index contributed by atoms with van der Waals surface area (Å²) >= 11 is 0. The van der Waals surface area contributed by atoms with Gasteiger partial charge in [0.05, 0.1) is 10.6 Å². The highest BCUT2D eigenvalue weighted by Crippen LogP contribution is 2.16. The van der Waals surface area contributed by atoms with Crippen LogP contribution in [0.5, 0.6) is 0 Å². The summed E-state index contributed by atoms with van der Waals surface area (Å²) in [5.74, 6) is 0.0682. The first-order chi connectivity index (χ1) is 8.99. The molecule has 20 heavy (non-hydrogen) atoms. The second-order valence-electron chi connectivity index (χ2n) is 5.22. The van der Waals surface area contributed by atoms with Gasteiger partial charge in [-0.3, -0.25) is 0 Å². The Morgan fingerprint density at radius 3 is 1.90 bits per heavy atom. The van der Waals surface area contributed by atoms with Gasteiger partial charge in [-0.2, -0.15) is 0 Å². The van der Waals surface area contributed by atoms with Crippen LogP contribution in [0.15, 0.2) is 29.2 Å². The number of hydrogen-bond acceptors (Lipinski definition) is 5. The summed E-state index contributed by atoms with van der Waals surface area (Å²) in [4.78, 5) is 0.276. The first kappa shape index (κ1) is 17.1. The number of sulfone groups is 2. The third-order valence-corrected chi connectivity index (χ3v) is 5.13.